The van der Waals surface area contributed by atoms with E-state index in [2.05, 4.69) is 41.5 Å². The monoisotopic (exact) mass is 275 g/mol. The van der Waals surface area contributed by atoms with Crippen LogP contribution in [0.1, 0.15) is 34.6 Å². The van der Waals surface area contributed by atoms with Crippen LogP contribution < -0.4 is 0 Å². The van der Waals surface area contributed by atoms with Crippen molar-refractivity contribution in [3.05, 3.63) is 23.0 Å². The molecule has 1 atom stereocenters. The Labute approximate surface area is 121 Å². The van der Waals surface area contributed by atoms with E-state index in [0.29, 0.717) is 11.8 Å². The first-order chi connectivity index (χ1) is 9.56. The summed E-state index contributed by atoms with van der Waals surface area (Å²) in [5.74, 6) is 0.335. The fraction of sp³-hybridized carbons (Fsp3) is 0.688. The molecular weight excluding hydrogens is 250 g/mol. The van der Waals surface area contributed by atoms with Crippen LogP contribution in [-0.4, -0.2) is 59.9 Å². The highest BCUT2D eigenvalue weighted by Crippen LogP contribution is 2.26. The minimum atomic E-state index is 0.335. The molecule has 0 amide bonds. The van der Waals surface area contributed by atoms with E-state index in [4.69, 9.17) is 0 Å². The lowest BCUT2D eigenvalue weighted by atomic mass is 9.96. The molecule has 0 saturated carbocycles. The van der Waals surface area contributed by atoms with Crippen molar-refractivity contribution in [2.24, 2.45) is 0 Å². The van der Waals surface area contributed by atoms with Crippen molar-refractivity contribution in [3.8, 4) is 0 Å². The second kappa shape index (κ2) is 5.34. The highest BCUT2D eigenvalue weighted by molar-refractivity contribution is 5.98. The Morgan fingerprint density at radius 1 is 1.25 bits per heavy atom. The summed E-state index contributed by atoms with van der Waals surface area (Å²) in [5.41, 5.74) is 3.51. The molecule has 2 aliphatic rings. The van der Waals surface area contributed by atoms with Gasteiger partial charge in [0.05, 0.1) is 0 Å². The number of fused-ring (bicyclic) bond motifs is 1. The lowest BCUT2D eigenvalue weighted by Crippen LogP contribution is -2.51. The molecule has 20 heavy (non-hydrogen) atoms. The van der Waals surface area contributed by atoms with Gasteiger partial charge in [-0.15, -0.1) is 0 Å². The first kappa shape index (κ1) is 13.8. The van der Waals surface area contributed by atoms with Gasteiger partial charge >= 0.3 is 0 Å². The number of hydrogen-bond donors (Lipinski definition) is 0. The molecule has 3 rings (SSSR count). The molecule has 0 N–H and O–H groups in total. The normalized spacial score (nSPS) is 24.9. The van der Waals surface area contributed by atoms with E-state index in [1.165, 1.54) is 11.4 Å². The number of nitrogens with zero attached hydrogens (tertiary/aromatic N) is 3. The third kappa shape index (κ3) is 2.42. The quantitative estimate of drug-likeness (QED) is 0.820. The summed E-state index contributed by atoms with van der Waals surface area (Å²) in [6, 6.07) is 2.64. The van der Waals surface area contributed by atoms with E-state index in [9.17, 15) is 4.79 Å². The molecule has 1 unspecified atom stereocenters. The summed E-state index contributed by atoms with van der Waals surface area (Å²) < 4.78 is 2.40. The van der Waals surface area contributed by atoms with Crippen molar-refractivity contribution in [3.63, 3.8) is 0 Å². The van der Waals surface area contributed by atoms with Gasteiger partial charge in [-0.2, -0.15) is 0 Å². The molecule has 1 aliphatic carbocycles. The Morgan fingerprint density at radius 3 is 2.85 bits per heavy atom. The Bertz CT molecular complexity index is 520. The van der Waals surface area contributed by atoms with Crippen LogP contribution in [0.4, 0.5) is 0 Å². The van der Waals surface area contributed by atoms with Gasteiger partial charge in [0.25, 0.3) is 0 Å². The fourth-order valence-corrected chi connectivity index (χ4v) is 3.55. The maximum Gasteiger partial charge on any atom is 0.164 e. The summed E-state index contributed by atoms with van der Waals surface area (Å²) in [7, 11) is 4.41. The van der Waals surface area contributed by atoms with E-state index in [0.717, 1.165) is 51.0 Å². The predicted molar refractivity (Wildman–Crippen MR) is 80.4 cm³/mol. The summed E-state index contributed by atoms with van der Waals surface area (Å²) in [5, 5.41) is 0. The summed E-state index contributed by atoms with van der Waals surface area (Å²) >= 11 is 0. The van der Waals surface area contributed by atoms with E-state index >= 15 is 0 Å². The molecule has 1 aromatic rings. The average Bonchev–Trinajstić information content (AvgIpc) is 2.73. The lowest BCUT2D eigenvalue weighted by Gasteiger charge is -2.38. The molecule has 1 saturated heterocycles. The first-order valence-corrected chi connectivity index (χ1v) is 7.67. The maximum atomic E-state index is 12.0. The average molecular weight is 275 g/mol. The molecule has 110 valence electrons. The van der Waals surface area contributed by atoms with E-state index in [-0.39, 0.29) is 0 Å². The van der Waals surface area contributed by atoms with Crippen LogP contribution in [0.3, 0.4) is 0 Å². The van der Waals surface area contributed by atoms with Crippen molar-refractivity contribution >= 4 is 5.78 Å². The zero-order valence-electron chi connectivity index (χ0n) is 12.9. The first-order valence-electron chi connectivity index (χ1n) is 7.67. The van der Waals surface area contributed by atoms with E-state index in [1.807, 2.05) is 0 Å². The standard InChI is InChI=1S/C16H25N3O/c1-12-9-14-15(5-4-6-16(14)20)19(12)11-13-10-17(2)7-8-18(13)3/h9,13H,4-8,10-11H2,1-3H3. The lowest BCUT2D eigenvalue weighted by molar-refractivity contribution is 0.0963. The van der Waals surface area contributed by atoms with Crippen LogP contribution in [0.5, 0.6) is 0 Å². The van der Waals surface area contributed by atoms with Crippen molar-refractivity contribution < 1.29 is 4.79 Å². The minimum Gasteiger partial charge on any atom is -0.347 e. The smallest absolute Gasteiger partial charge is 0.164 e. The van der Waals surface area contributed by atoms with Crippen molar-refractivity contribution in [2.75, 3.05) is 33.7 Å². The Hall–Kier alpha value is -1.13. The molecule has 1 fully saturated rings. The van der Waals surface area contributed by atoms with Crippen LogP contribution in [0.2, 0.25) is 0 Å². The number of Topliss-reactive ketones (excluding diaryl/α,β-unsaturated/α-hetero) is 1. The summed E-state index contributed by atoms with van der Waals surface area (Å²) in [6.07, 6.45) is 2.79. The predicted octanol–water partition coefficient (Wildman–Crippen LogP) is 1.56. The molecule has 0 aromatic carbocycles. The SMILES string of the molecule is Cc1cc2c(n1CC1CN(C)CCN1C)CCCC2=O. The van der Waals surface area contributed by atoms with E-state index < -0.39 is 0 Å². The Balaban J connectivity index is 1.85. The number of aryl methyl sites for hydroxylation is 1. The van der Waals surface area contributed by atoms with Crippen LogP contribution >= 0.6 is 0 Å². The second-order valence-electron chi connectivity index (χ2n) is 6.43. The van der Waals surface area contributed by atoms with Crippen LogP contribution in [-0.2, 0) is 13.0 Å². The molecule has 2 heterocycles. The highest BCUT2D eigenvalue weighted by Gasteiger charge is 2.27. The number of hydrogen-bond acceptors (Lipinski definition) is 3. The molecule has 4 nitrogen and oxygen atoms in total. The summed E-state index contributed by atoms with van der Waals surface area (Å²) in [6.45, 7) is 6.53. The van der Waals surface area contributed by atoms with Crippen molar-refractivity contribution in [2.45, 2.75) is 38.8 Å². The van der Waals surface area contributed by atoms with Gasteiger partial charge in [0.2, 0.25) is 0 Å². The van der Waals surface area contributed by atoms with Crippen molar-refractivity contribution in [1.29, 1.82) is 0 Å². The number of aromatic nitrogens is 1. The largest absolute Gasteiger partial charge is 0.347 e. The number of carbonyl (C=O) groups excluding carboxylic acids is 1. The second-order valence-corrected chi connectivity index (χ2v) is 6.43. The van der Waals surface area contributed by atoms with Crippen LogP contribution in [0, 0.1) is 6.92 Å². The van der Waals surface area contributed by atoms with E-state index in [1.54, 1.807) is 0 Å². The number of rotatable bonds is 2. The molecular formula is C16H25N3O. The van der Waals surface area contributed by atoms with Crippen LogP contribution in [0.15, 0.2) is 6.07 Å². The molecule has 0 bridgehead atoms. The molecule has 1 aliphatic heterocycles. The summed E-state index contributed by atoms with van der Waals surface area (Å²) in [4.78, 5) is 16.9. The molecule has 0 spiro atoms. The van der Waals surface area contributed by atoms with Gasteiger partial charge in [-0.1, -0.05) is 0 Å². The zero-order chi connectivity index (χ0) is 14.3. The number of carbonyl (C=O) groups is 1. The highest BCUT2D eigenvalue weighted by atomic mass is 16.1. The van der Waals surface area contributed by atoms with Crippen molar-refractivity contribution in [1.82, 2.24) is 14.4 Å². The Kier molecular flexibility index (Phi) is 3.69. The number of ketones is 1. The van der Waals surface area contributed by atoms with Gasteiger partial charge in [0.1, 0.15) is 0 Å². The molecule has 0 radical (unpaired) electrons. The Morgan fingerprint density at radius 2 is 2.05 bits per heavy atom. The maximum absolute atomic E-state index is 12.0. The fourth-order valence-electron chi connectivity index (χ4n) is 3.55. The van der Waals surface area contributed by atoms with Gasteiger partial charge in [-0.25, -0.2) is 0 Å². The zero-order valence-corrected chi connectivity index (χ0v) is 12.9. The third-order valence-electron chi connectivity index (χ3n) is 4.91. The van der Waals surface area contributed by atoms with Crippen LogP contribution in [0.25, 0.3) is 0 Å². The van der Waals surface area contributed by atoms with Gasteiger partial charge in [0, 0.05) is 55.6 Å². The third-order valence-corrected chi connectivity index (χ3v) is 4.91. The minimum absolute atomic E-state index is 0.335. The number of piperazine rings is 1. The number of likely N-dealkylation sites (N-methyl/N-ethyl adjacent to an activating group) is 2. The van der Waals surface area contributed by atoms with Gasteiger partial charge in [-0.3, -0.25) is 9.69 Å². The topological polar surface area (TPSA) is 28.5 Å². The molecule has 4 heteroatoms. The molecule has 1 aromatic heterocycles. The van der Waals surface area contributed by atoms with Gasteiger partial charge in [-0.05, 0) is 39.9 Å². The van der Waals surface area contributed by atoms with Gasteiger partial charge in [0.15, 0.2) is 5.78 Å². The van der Waals surface area contributed by atoms with Gasteiger partial charge < -0.3 is 9.47 Å².